The van der Waals surface area contributed by atoms with Crippen LogP contribution < -0.4 is 11.1 Å². The quantitative estimate of drug-likeness (QED) is 0.675. The van der Waals surface area contributed by atoms with E-state index >= 15 is 0 Å². The van der Waals surface area contributed by atoms with Crippen LogP contribution in [0.3, 0.4) is 0 Å². The van der Waals surface area contributed by atoms with Gasteiger partial charge in [0, 0.05) is 16.7 Å². The Bertz CT molecular complexity index is 812. The summed E-state index contributed by atoms with van der Waals surface area (Å²) in [5.41, 5.74) is 8.40. The molecule has 1 aliphatic carbocycles. The number of nitrogens with two attached hydrogens (primary N) is 1. The van der Waals surface area contributed by atoms with Crippen LogP contribution in [0.4, 0.5) is 5.69 Å². The van der Waals surface area contributed by atoms with E-state index in [4.69, 9.17) is 18.0 Å². The van der Waals surface area contributed by atoms with Gasteiger partial charge in [0.1, 0.15) is 0 Å². The molecule has 0 atom stereocenters. The average Bonchev–Trinajstić information content (AvgIpc) is 2.46. The molecule has 2 aromatic carbocycles. The van der Waals surface area contributed by atoms with E-state index in [1.165, 1.54) is 0 Å². The van der Waals surface area contributed by atoms with Crippen molar-refractivity contribution in [2.24, 2.45) is 5.73 Å². The monoisotopic (exact) mass is 296 g/mol. The summed E-state index contributed by atoms with van der Waals surface area (Å²) in [6, 6.07) is 10.3. The number of nitrogens with one attached hydrogen (secondary N) is 1. The van der Waals surface area contributed by atoms with Crippen molar-refractivity contribution in [1.29, 1.82) is 0 Å². The van der Waals surface area contributed by atoms with Gasteiger partial charge in [-0.25, -0.2) is 0 Å². The zero-order valence-corrected chi connectivity index (χ0v) is 12.1. The third kappa shape index (κ3) is 2.02. The maximum absolute atomic E-state index is 12.7. The van der Waals surface area contributed by atoms with Gasteiger partial charge < -0.3 is 11.1 Å². The molecule has 0 radical (unpaired) electrons. The molecule has 0 bridgehead atoms. The highest BCUT2D eigenvalue weighted by Crippen LogP contribution is 2.33. The lowest BCUT2D eigenvalue weighted by molar-refractivity contribution is 0.0979. The molecule has 104 valence electrons. The standard InChI is InChI=1S/C16H12N2O2S/c1-8-6-7-11-12(13(8)18-16(17)21)15(20)10-5-3-2-4-9(10)14(11)19/h2-7H,1H3,(H3,17,18,21). The van der Waals surface area contributed by atoms with Gasteiger partial charge in [-0.05, 0) is 30.8 Å². The Morgan fingerprint density at radius 3 is 2.24 bits per heavy atom. The van der Waals surface area contributed by atoms with E-state index in [9.17, 15) is 9.59 Å². The molecule has 0 saturated carbocycles. The van der Waals surface area contributed by atoms with Gasteiger partial charge in [0.15, 0.2) is 16.7 Å². The smallest absolute Gasteiger partial charge is 0.196 e. The molecule has 3 N–H and O–H groups in total. The average molecular weight is 296 g/mol. The zero-order chi connectivity index (χ0) is 15.1. The van der Waals surface area contributed by atoms with Crippen LogP contribution in [0.2, 0.25) is 0 Å². The van der Waals surface area contributed by atoms with Gasteiger partial charge in [0.2, 0.25) is 0 Å². The Morgan fingerprint density at radius 2 is 1.62 bits per heavy atom. The lowest BCUT2D eigenvalue weighted by Crippen LogP contribution is -2.26. The number of rotatable bonds is 1. The van der Waals surface area contributed by atoms with E-state index in [1.54, 1.807) is 36.4 Å². The molecule has 0 heterocycles. The second kappa shape index (κ2) is 4.79. The molecule has 0 amide bonds. The van der Waals surface area contributed by atoms with Gasteiger partial charge in [-0.15, -0.1) is 0 Å². The fraction of sp³-hybridized carbons (Fsp3) is 0.0625. The van der Waals surface area contributed by atoms with Crippen molar-refractivity contribution < 1.29 is 9.59 Å². The molecule has 0 aromatic heterocycles. The Morgan fingerprint density at radius 1 is 1.00 bits per heavy atom. The van der Waals surface area contributed by atoms with Crippen molar-refractivity contribution >= 4 is 34.6 Å². The number of benzene rings is 2. The number of carbonyl (C=O) groups is 2. The van der Waals surface area contributed by atoms with E-state index < -0.39 is 0 Å². The summed E-state index contributed by atoms with van der Waals surface area (Å²) in [6.45, 7) is 1.83. The van der Waals surface area contributed by atoms with Crippen LogP contribution in [0.25, 0.3) is 0 Å². The third-order valence-corrected chi connectivity index (χ3v) is 3.65. The summed E-state index contributed by atoms with van der Waals surface area (Å²) in [4.78, 5) is 25.3. The van der Waals surface area contributed by atoms with Gasteiger partial charge in [0.05, 0.1) is 11.3 Å². The van der Waals surface area contributed by atoms with Crippen LogP contribution in [-0.4, -0.2) is 16.7 Å². The minimum Gasteiger partial charge on any atom is -0.376 e. The summed E-state index contributed by atoms with van der Waals surface area (Å²) in [5.74, 6) is -0.353. The van der Waals surface area contributed by atoms with Crippen LogP contribution >= 0.6 is 12.2 Å². The highest BCUT2D eigenvalue weighted by atomic mass is 32.1. The topological polar surface area (TPSA) is 72.2 Å². The van der Waals surface area contributed by atoms with Crippen molar-refractivity contribution in [1.82, 2.24) is 0 Å². The normalized spacial score (nSPS) is 12.6. The first-order valence-electron chi connectivity index (χ1n) is 6.39. The minimum atomic E-state index is -0.192. The number of ketones is 2. The summed E-state index contributed by atoms with van der Waals surface area (Å²) in [5, 5.41) is 2.88. The second-order valence-corrected chi connectivity index (χ2v) is 5.31. The maximum atomic E-state index is 12.7. The van der Waals surface area contributed by atoms with E-state index in [0.29, 0.717) is 27.9 Å². The van der Waals surface area contributed by atoms with Gasteiger partial charge in [-0.3, -0.25) is 9.59 Å². The number of anilines is 1. The van der Waals surface area contributed by atoms with Crippen LogP contribution in [0.15, 0.2) is 36.4 Å². The second-order valence-electron chi connectivity index (χ2n) is 4.87. The molecule has 2 aromatic rings. The third-order valence-electron chi connectivity index (χ3n) is 3.55. The minimum absolute atomic E-state index is 0.0607. The summed E-state index contributed by atoms with van der Waals surface area (Å²) < 4.78 is 0. The van der Waals surface area contributed by atoms with Crippen LogP contribution in [0, 0.1) is 6.92 Å². The first kappa shape index (κ1) is 13.5. The lowest BCUT2D eigenvalue weighted by atomic mass is 9.82. The molecular weight excluding hydrogens is 284 g/mol. The molecule has 0 spiro atoms. The van der Waals surface area contributed by atoms with Crippen molar-refractivity contribution in [3.63, 3.8) is 0 Å². The zero-order valence-electron chi connectivity index (χ0n) is 11.3. The fourth-order valence-electron chi connectivity index (χ4n) is 2.58. The number of aryl methyl sites for hydroxylation is 1. The molecule has 5 heteroatoms. The van der Waals surface area contributed by atoms with E-state index in [0.717, 1.165) is 5.56 Å². The van der Waals surface area contributed by atoms with Gasteiger partial charge in [0.25, 0.3) is 0 Å². The van der Waals surface area contributed by atoms with Crippen molar-refractivity contribution in [2.75, 3.05) is 5.32 Å². The molecule has 21 heavy (non-hydrogen) atoms. The molecule has 0 saturated heterocycles. The SMILES string of the molecule is Cc1ccc2c(c1NC(N)=S)C(=O)c1ccccc1C2=O. The summed E-state index contributed by atoms with van der Waals surface area (Å²) >= 11 is 4.86. The van der Waals surface area contributed by atoms with Crippen molar-refractivity contribution in [3.05, 3.63) is 64.2 Å². The Balaban J connectivity index is 2.30. The van der Waals surface area contributed by atoms with E-state index in [2.05, 4.69) is 5.32 Å². The highest BCUT2D eigenvalue weighted by Gasteiger charge is 2.32. The van der Waals surface area contributed by atoms with Crippen molar-refractivity contribution in [3.8, 4) is 0 Å². The number of hydrogen-bond acceptors (Lipinski definition) is 3. The van der Waals surface area contributed by atoms with Crippen LogP contribution in [0.1, 0.15) is 37.4 Å². The summed E-state index contributed by atoms with van der Waals surface area (Å²) in [6.07, 6.45) is 0. The van der Waals surface area contributed by atoms with Crippen LogP contribution in [0.5, 0.6) is 0 Å². The molecule has 3 rings (SSSR count). The molecule has 4 nitrogen and oxygen atoms in total. The number of hydrogen-bond donors (Lipinski definition) is 2. The number of carbonyl (C=O) groups excluding carboxylic acids is 2. The van der Waals surface area contributed by atoms with Gasteiger partial charge in [-0.2, -0.15) is 0 Å². The molecule has 0 unspecified atom stereocenters. The van der Waals surface area contributed by atoms with Gasteiger partial charge >= 0.3 is 0 Å². The largest absolute Gasteiger partial charge is 0.376 e. The highest BCUT2D eigenvalue weighted by molar-refractivity contribution is 7.80. The predicted molar refractivity (Wildman–Crippen MR) is 84.9 cm³/mol. The Labute approximate surface area is 127 Å². The first-order valence-corrected chi connectivity index (χ1v) is 6.80. The molecular formula is C16H12N2O2S. The van der Waals surface area contributed by atoms with E-state index in [-0.39, 0.29) is 16.7 Å². The molecule has 0 fully saturated rings. The fourth-order valence-corrected chi connectivity index (χ4v) is 2.68. The predicted octanol–water partition coefficient (Wildman–Crippen LogP) is 2.43. The Hall–Kier alpha value is -2.53. The molecule has 0 aliphatic heterocycles. The van der Waals surface area contributed by atoms with Gasteiger partial charge in [-0.1, -0.05) is 30.3 Å². The van der Waals surface area contributed by atoms with E-state index in [1.807, 2.05) is 6.92 Å². The Kier molecular flexibility index (Phi) is 3.07. The van der Waals surface area contributed by atoms with Crippen molar-refractivity contribution in [2.45, 2.75) is 6.92 Å². The number of thiocarbonyl (C=S) groups is 1. The first-order chi connectivity index (χ1) is 10.0. The maximum Gasteiger partial charge on any atom is 0.196 e. The lowest BCUT2D eigenvalue weighted by Gasteiger charge is -2.21. The number of fused-ring (bicyclic) bond motifs is 2. The van der Waals surface area contributed by atoms with Crippen LogP contribution in [-0.2, 0) is 0 Å². The summed E-state index contributed by atoms with van der Waals surface area (Å²) in [7, 11) is 0. The molecule has 1 aliphatic rings.